The summed E-state index contributed by atoms with van der Waals surface area (Å²) in [4.78, 5) is 25.8. The van der Waals surface area contributed by atoms with Crippen LogP contribution in [0.1, 0.15) is 80.7 Å². The van der Waals surface area contributed by atoms with E-state index in [0.29, 0.717) is 26.1 Å². The summed E-state index contributed by atoms with van der Waals surface area (Å²) in [6, 6.07) is 22.7. The smallest absolute Gasteiger partial charge is 0.410 e. The maximum Gasteiger partial charge on any atom is 0.410 e. The van der Waals surface area contributed by atoms with Crippen LogP contribution >= 0.6 is 0 Å². The number of fused-ring (bicyclic) bond motifs is 1. The summed E-state index contributed by atoms with van der Waals surface area (Å²) in [6.45, 7) is 7.12. The van der Waals surface area contributed by atoms with Gasteiger partial charge in [0.1, 0.15) is 11.9 Å². The Kier molecular flexibility index (Phi) is 11.7. The van der Waals surface area contributed by atoms with Crippen molar-refractivity contribution in [3.63, 3.8) is 0 Å². The van der Waals surface area contributed by atoms with Crippen molar-refractivity contribution in [2.75, 3.05) is 33.4 Å². The van der Waals surface area contributed by atoms with Crippen LogP contribution < -0.4 is 4.74 Å². The molecule has 5 rings (SSSR count). The van der Waals surface area contributed by atoms with Crippen LogP contribution in [0.2, 0.25) is 0 Å². The van der Waals surface area contributed by atoms with E-state index in [2.05, 4.69) is 36.4 Å². The zero-order valence-electron chi connectivity index (χ0n) is 27.4. The van der Waals surface area contributed by atoms with Crippen molar-refractivity contribution in [2.24, 2.45) is 0 Å². The molecule has 3 aromatic carbocycles. The minimum Gasteiger partial charge on any atom is -0.469 e. The average molecular weight is 630 g/mol. The van der Waals surface area contributed by atoms with Gasteiger partial charge in [0.25, 0.3) is 0 Å². The topological polar surface area (TPSA) is 83.5 Å². The first kappa shape index (κ1) is 33.5. The van der Waals surface area contributed by atoms with E-state index in [1.165, 1.54) is 18.2 Å². The third kappa shape index (κ3) is 9.56. The van der Waals surface area contributed by atoms with E-state index in [-0.39, 0.29) is 18.2 Å². The highest BCUT2D eigenvalue weighted by atomic mass is 16.7. The highest BCUT2D eigenvalue weighted by Crippen LogP contribution is 2.35. The number of benzene rings is 3. The Morgan fingerprint density at radius 1 is 0.891 bits per heavy atom. The maximum absolute atomic E-state index is 12.5. The molecule has 0 N–H and O–H groups in total. The number of carbonyl (C=O) groups is 2. The minimum absolute atomic E-state index is 0.227. The lowest BCUT2D eigenvalue weighted by atomic mass is 9.99. The van der Waals surface area contributed by atoms with Crippen molar-refractivity contribution in [2.45, 2.75) is 83.7 Å². The number of hydrogen-bond donors (Lipinski definition) is 0. The number of amides is 1. The van der Waals surface area contributed by atoms with Crippen LogP contribution in [0.4, 0.5) is 4.79 Å². The molecule has 1 saturated heterocycles. The van der Waals surface area contributed by atoms with Crippen LogP contribution in [-0.4, -0.2) is 56.2 Å². The lowest BCUT2D eigenvalue weighted by Crippen LogP contribution is -2.35. The fourth-order valence-electron chi connectivity index (χ4n) is 5.88. The molecule has 1 atom stereocenters. The molecule has 0 aromatic heterocycles. The summed E-state index contributed by atoms with van der Waals surface area (Å²) in [5.74, 6) is -0.0295. The standard InChI is InChI=1S/C38H47NO7/c1-38(2)44-27-33-25-32(18-19-34(33)46-38)35-26-39(37(41)45-35)20-7-4-5-8-21-43-22-9-6-11-28-12-10-13-31(23-28)30-16-14-29(15-17-30)24-36(40)42-3/h10,12-19,23,25,35H,4-9,11,20-22,24,26-27H2,1-3H3/t35-/m0/s1. The van der Waals surface area contributed by atoms with E-state index >= 15 is 0 Å². The Bertz CT molecular complexity index is 1450. The van der Waals surface area contributed by atoms with E-state index in [1.807, 2.05) is 49.1 Å². The molecule has 2 aliphatic heterocycles. The Morgan fingerprint density at radius 2 is 1.67 bits per heavy atom. The summed E-state index contributed by atoms with van der Waals surface area (Å²) in [5.41, 5.74) is 6.56. The Labute approximate surface area is 272 Å². The van der Waals surface area contributed by atoms with Crippen LogP contribution in [0.25, 0.3) is 11.1 Å². The number of methoxy groups -OCH3 is 1. The lowest BCUT2D eigenvalue weighted by Gasteiger charge is -2.32. The molecule has 1 fully saturated rings. The summed E-state index contributed by atoms with van der Waals surface area (Å²) >= 11 is 0. The number of nitrogens with zero attached hydrogens (tertiary/aromatic N) is 1. The first-order valence-electron chi connectivity index (χ1n) is 16.5. The van der Waals surface area contributed by atoms with Crippen molar-refractivity contribution in [3.8, 4) is 16.9 Å². The molecule has 0 unspecified atom stereocenters. The van der Waals surface area contributed by atoms with Gasteiger partial charge in [-0.15, -0.1) is 0 Å². The van der Waals surface area contributed by atoms with Gasteiger partial charge in [0.05, 0.1) is 26.7 Å². The normalized spacial score (nSPS) is 16.9. The molecular formula is C38H47NO7. The van der Waals surface area contributed by atoms with Gasteiger partial charge in [-0.1, -0.05) is 67.4 Å². The highest BCUT2D eigenvalue weighted by Gasteiger charge is 2.33. The molecule has 0 aliphatic carbocycles. The van der Waals surface area contributed by atoms with Gasteiger partial charge in [-0.05, 0) is 72.1 Å². The minimum atomic E-state index is -0.627. The summed E-state index contributed by atoms with van der Waals surface area (Å²) in [7, 11) is 1.41. The van der Waals surface area contributed by atoms with Gasteiger partial charge < -0.3 is 28.6 Å². The molecule has 0 bridgehead atoms. The lowest BCUT2D eigenvalue weighted by molar-refractivity contribution is -0.180. The molecule has 2 heterocycles. The Morgan fingerprint density at radius 3 is 2.48 bits per heavy atom. The summed E-state index contributed by atoms with van der Waals surface area (Å²) in [5, 5.41) is 0. The monoisotopic (exact) mass is 629 g/mol. The average Bonchev–Trinajstić information content (AvgIpc) is 3.43. The van der Waals surface area contributed by atoms with E-state index < -0.39 is 5.79 Å². The molecule has 8 heteroatoms. The van der Waals surface area contributed by atoms with E-state index in [9.17, 15) is 9.59 Å². The Hall–Kier alpha value is -3.88. The molecule has 46 heavy (non-hydrogen) atoms. The molecule has 0 radical (unpaired) electrons. The molecule has 246 valence electrons. The molecule has 8 nitrogen and oxygen atoms in total. The van der Waals surface area contributed by atoms with Crippen molar-refractivity contribution in [1.82, 2.24) is 4.90 Å². The van der Waals surface area contributed by atoms with Crippen LogP contribution in [0.15, 0.2) is 66.7 Å². The van der Waals surface area contributed by atoms with Crippen LogP contribution in [-0.2, 0) is 43.2 Å². The van der Waals surface area contributed by atoms with E-state index in [1.54, 1.807) is 0 Å². The predicted octanol–water partition coefficient (Wildman–Crippen LogP) is 7.81. The van der Waals surface area contributed by atoms with Gasteiger partial charge in [-0.3, -0.25) is 4.79 Å². The highest BCUT2D eigenvalue weighted by molar-refractivity contribution is 5.73. The number of esters is 1. The van der Waals surface area contributed by atoms with Crippen LogP contribution in [0.3, 0.4) is 0 Å². The maximum atomic E-state index is 12.5. The zero-order chi connectivity index (χ0) is 32.4. The number of ether oxygens (including phenoxy) is 5. The number of hydrogen-bond acceptors (Lipinski definition) is 7. The molecule has 1 amide bonds. The van der Waals surface area contributed by atoms with Crippen molar-refractivity contribution in [1.29, 1.82) is 0 Å². The molecular weight excluding hydrogens is 582 g/mol. The van der Waals surface area contributed by atoms with E-state index in [0.717, 1.165) is 86.2 Å². The first-order valence-corrected chi connectivity index (χ1v) is 16.5. The van der Waals surface area contributed by atoms with Gasteiger partial charge in [-0.2, -0.15) is 0 Å². The SMILES string of the molecule is COC(=O)Cc1ccc(-c2cccc(CCCCOCCCCCCN3C[C@@H](c4ccc5c(c4)COC(C)(C)O5)OC3=O)c2)cc1. The summed E-state index contributed by atoms with van der Waals surface area (Å²) in [6.07, 6.45) is 7.07. The first-order chi connectivity index (χ1) is 22.3. The largest absolute Gasteiger partial charge is 0.469 e. The van der Waals surface area contributed by atoms with Gasteiger partial charge >= 0.3 is 12.1 Å². The fourth-order valence-corrected chi connectivity index (χ4v) is 5.88. The van der Waals surface area contributed by atoms with Crippen molar-refractivity contribution in [3.05, 3.63) is 89.0 Å². The second kappa shape index (κ2) is 16.1. The quantitative estimate of drug-likeness (QED) is 0.118. The number of carbonyl (C=O) groups excluding carboxylic acids is 2. The van der Waals surface area contributed by atoms with Crippen LogP contribution in [0.5, 0.6) is 5.75 Å². The number of aryl methyl sites for hydroxylation is 1. The van der Waals surface area contributed by atoms with E-state index in [4.69, 9.17) is 23.7 Å². The van der Waals surface area contributed by atoms with Gasteiger partial charge in [0.2, 0.25) is 5.79 Å². The van der Waals surface area contributed by atoms with Gasteiger partial charge in [0.15, 0.2) is 0 Å². The van der Waals surface area contributed by atoms with Gasteiger partial charge in [0, 0.05) is 39.2 Å². The van der Waals surface area contributed by atoms with Crippen LogP contribution in [0, 0.1) is 0 Å². The molecule has 2 aliphatic rings. The third-order valence-corrected chi connectivity index (χ3v) is 8.54. The van der Waals surface area contributed by atoms with Crippen molar-refractivity contribution < 1.29 is 33.3 Å². The Balaban J connectivity index is 0.906. The molecule has 0 spiro atoms. The zero-order valence-corrected chi connectivity index (χ0v) is 27.4. The number of unbranched alkanes of at least 4 members (excludes halogenated alkanes) is 4. The predicted molar refractivity (Wildman–Crippen MR) is 177 cm³/mol. The molecule has 3 aromatic rings. The van der Waals surface area contributed by atoms with Crippen molar-refractivity contribution >= 4 is 12.1 Å². The number of cyclic esters (lactones) is 1. The summed E-state index contributed by atoms with van der Waals surface area (Å²) < 4.78 is 28.0. The second-order valence-corrected chi connectivity index (χ2v) is 12.6. The fraction of sp³-hybridized carbons (Fsp3) is 0.474. The molecule has 0 saturated carbocycles. The third-order valence-electron chi connectivity index (χ3n) is 8.54. The number of rotatable bonds is 16. The van der Waals surface area contributed by atoms with Gasteiger partial charge in [-0.25, -0.2) is 4.79 Å². The second-order valence-electron chi connectivity index (χ2n) is 12.6.